The standard InChI is InChI=1S/C21H21F2N3O2/c1-12(2)20(26-11-24-18-8-16(22)17(23)9-19(18)26)21(28)25-6-5-13-3-4-15(27)7-14(13)10-25/h3-4,7-9,11-12,20,27H,5-6,10H2,1-2H3/t20-/m0/s1. The minimum absolute atomic E-state index is 0.0800. The van der Waals surface area contributed by atoms with Crippen molar-refractivity contribution < 1.29 is 18.7 Å². The van der Waals surface area contributed by atoms with E-state index in [1.54, 1.807) is 21.6 Å². The van der Waals surface area contributed by atoms with E-state index in [1.807, 2.05) is 19.9 Å². The summed E-state index contributed by atoms with van der Waals surface area (Å²) in [5.41, 5.74) is 2.74. The highest BCUT2D eigenvalue weighted by Crippen LogP contribution is 2.30. The predicted molar refractivity (Wildman–Crippen MR) is 101 cm³/mol. The molecule has 7 heteroatoms. The normalized spacial score (nSPS) is 15.1. The zero-order chi connectivity index (χ0) is 20.0. The molecule has 4 rings (SSSR count). The fourth-order valence-electron chi connectivity index (χ4n) is 3.89. The first-order chi connectivity index (χ1) is 13.3. The first-order valence-corrected chi connectivity index (χ1v) is 9.26. The van der Waals surface area contributed by atoms with Crippen LogP contribution in [0, 0.1) is 17.6 Å². The van der Waals surface area contributed by atoms with Crippen LogP contribution in [-0.4, -0.2) is 32.0 Å². The quantitative estimate of drug-likeness (QED) is 0.746. The minimum Gasteiger partial charge on any atom is -0.508 e. The van der Waals surface area contributed by atoms with Crippen molar-refractivity contribution in [1.29, 1.82) is 0 Å². The number of amides is 1. The Morgan fingerprint density at radius 2 is 1.89 bits per heavy atom. The average Bonchev–Trinajstić information content (AvgIpc) is 3.03. The Bertz CT molecular complexity index is 1060. The van der Waals surface area contributed by atoms with E-state index in [0.717, 1.165) is 23.3 Å². The number of carbonyl (C=O) groups is 1. The number of rotatable bonds is 3. The van der Waals surface area contributed by atoms with Crippen LogP contribution in [0.4, 0.5) is 8.78 Å². The fourth-order valence-corrected chi connectivity index (χ4v) is 3.89. The summed E-state index contributed by atoms with van der Waals surface area (Å²) < 4.78 is 28.9. The number of halogens is 2. The van der Waals surface area contributed by atoms with Crippen LogP contribution in [0.1, 0.15) is 31.0 Å². The van der Waals surface area contributed by atoms with E-state index < -0.39 is 17.7 Å². The Labute approximate surface area is 161 Å². The lowest BCUT2D eigenvalue weighted by molar-refractivity contribution is -0.137. The number of hydrogen-bond acceptors (Lipinski definition) is 3. The first-order valence-electron chi connectivity index (χ1n) is 9.26. The van der Waals surface area contributed by atoms with Crippen molar-refractivity contribution in [2.75, 3.05) is 6.54 Å². The molecule has 146 valence electrons. The van der Waals surface area contributed by atoms with E-state index >= 15 is 0 Å². The third kappa shape index (κ3) is 3.10. The largest absolute Gasteiger partial charge is 0.508 e. The van der Waals surface area contributed by atoms with E-state index in [0.29, 0.717) is 30.5 Å². The van der Waals surface area contributed by atoms with Gasteiger partial charge >= 0.3 is 0 Å². The maximum absolute atomic E-state index is 13.8. The van der Waals surface area contributed by atoms with Gasteiger partial charge in [-0.3, -0.25) is 4.79 Å². The highest BCUT2D eigenvalue weighted by atomic mass is 19.2. The summed E-state index contributed by atoms with van der Waals surface area (Å²) >= 11 is 0. The number of aromatic nitrogens is 2. The molecule has 0 aliphatic carbocycles. The molecule has 28 heavy (non-hydrogen) atoms. The number of phenols is 1. The summed E-state index contributed by atoms with van der Waals surface area (Å²) in [5, 5.41) is 9.75. The Morgan fingerprint density at radius 1 is 1.14 bits per heavy atom. The number of hydrogen-bond donors (Lipinski definition) is 1. The second kappa shape index (κ2) is 6.89. The summed E-state index contributed by atoms with van der Waals surface area (Å²) in [6.45, 7) is 4.80. The van der Waals surface area contributed by atoms with E-state index in [4.69, 9.17) is 0 Å². The third-order valence-corrected chi connectivity index (χ3v) is 5.31. The van der Waals surface area contributed by atoms with Gasteiger partial charge in [0, 0.05) is 25.2 Å². The smallest absolute Gasteiger partial charge is 0.246 e. The highest BCUT2D eigenvalue weighted by Gasteiger charge is 2.32. The Kier molecular flexibility index (Phi) is 4.53. The number of aromatic hydroxyl groups is 1. The molecule has 1 amide bonds. The summed E-state index contributed by atoms with van der Waals surface area (Å²) in [5.74, 6) is -1.94. The summed E-state index contributed by atoms with van der Waals surface area (Å²) in [6, 6.07) is 6.76. The number of benzene rings is 2. The van der Waals surface area contributed by atoms with Crippen molar-refractivity contribution in [1.82, 2.24) is 14.5 Å². The molecular formula is C21H21F2N3O2. The fraction of sp³-hybridized carbons (Fsp3) is 0.333. The lowest BCUT2D eigenvalue weighted by Crippen LogP contribution is -2.42. The van der Waals surface area contributed by atoms with Gasteiger partial charge in [0.1, 0.15) is 11.8 Å². The second-order valence-electron chi connectivity index (χ2n) is 7.56. The van der Waals surface area contributed by atoms with Crippen LogP contribution in [0.2, 0.25) is 0 Å². The Hall–Kier alpha value is -2.96. The molecule has 0 fully saturated rings. The molecule has 2 aromatic carbocycles. The van der Waals surface area contributed by atoms with E-state index in [-0.39, 0.29) is 17.6 Å². The van der Waals surface area contributed by atoms with Crippen molar-refractivity contribution >= 4 is 16.9 Å². The first kappa shape index (κ1) is 18.4. The topological polar surface area (TPSA) is 58.4 Å². The van der Waals surface area contributed by atoms with Crippen LogP contribution in [-0.2, 0) is 17.8 Å². The summed E-state index contributed by atoms with van der Waals surface area (Å²) in [7, 11) is 0. The van der Waals surface area contributed by atoms with Crippen molar-refractivity contribution in [3.63, 3.8) is 0 Å². The summed E-state index contributed by atoms with van der Waals surface area (Å²) in [6.07, 6.45) is 2.17. The van der Waals surface area contributed by atoms with Crippen LogP contribution in [0.25, 0.3) is 11.0 Å². The van der Waals surface area contributed by atoms with Crippen molar-refractivity contribution in [3.8, 4) is 5.75 Å². The molecule has 2 heterocycles. The van der Waals surface area contributed by atoms with Gasteiger partial charge in [-0.05, 0) is 35.6 Å². The molecule has 1 N–H and O–H groups in total. The average molecular weight is 385 g/mol. The van der Waals surface area contributed by atoms with Crippen LogP contribution in [0.5, 0.6) is 5.75 Å². The number of fused-ring (bicyclic) bond motifs is 2. The summed E-state index contributed by atoms with van der Waals surface area (Å²) in [4.78, 5) is 19.3. The lowest BCUT2D eigenvalue weighted by Gasteiger charge is -2.34. The van der Waals surface area contributed by atoms with Crippen LogP contribution < -0.4 is 0 Å². The number of carbonyl (C=O) groups excluding carboxylic acids is 1. The van der Waals surface area contributed by atoms with Crippen molar-refractivity contribution in [2.45, 2.75) is 32.9 Å². The molecule has 1 aromatic heterocycles. The van der Waals surface area contributed by atoms with Gasteiger partial charge in [0.15, 0.2) is 11.6 Å². The molecule has 1 atom stereocenters. The lowest BCUT2D eigenvalue weighted by atomic mass is 9.96. The van der Waals surface area contributed by atoms with Gasteiger partial charge in [-0.2, -0.15) is 0 Å². The maximum atomic E-state index is 13.8. The maximum Gasteiger partial charge on any atom is 0.246 e. The van der Waals surface area contributed by atoms with Crippen molar-refractivity contribution in [3.05, 3.63) is 59.4 Å². The van der Waals surface area contributed by atoms with Gasteiger partial charge in [-0.15, -0.1) is 0 Å². The number of phenolic OH excluding ortho intramolecular Hbond substituents is 1. The second-order valence-corrected chi connectivity index (χ2v) is 7.56. The monoisotopic (exact) mass is 385 g/mol. The number of nitrogens with zero attached hydrogens (tertiary/aromatic N) is 3. The molecule has 0 saturated carbocycles. The van der Waals surface area contributed by atoms with Gasteiger partial charge in [-0.1, -0.05) is 19.9 Å². The zero-order valence-corrected chi connectivity index (χ0v) is 15.7. The van der Waals surface area contributed by atoms with Gasteiger partial charge in [0.2, 0.25) is 5.91 Å². The van der Waals surface area contributed by atoms with Gasteiger partial charge < -0.3 is 14.6 Å². The third-order valence-electron chi connectivity index (χ3n) is 5.31. The molecular weight excluding hydrogens is 364 g/mol. The molecule has 1 aliphatic rings. The van der Waals surface area contributed by atoms with Gasteiger partial charge in [-0.25, -0.2) is 13.8 Å². The molecule has 3 aromatic rings. The molecule has 0 unspecified atom stereocenters. The van der Waals surface area contributed by atoms with Crippen LogP contribution in [0.3, 0.4) is 0 Å². The van der Waals surface area contributed by atoms with Gasteiger partial charge in [0.05, 0.1) is 17.4 Å². The molecule has 0 spiro atoms. The highest BCUT2D eigenvalue weighted by molar-refractivity contribution is 5.84. The predicted octanol–water partition coefficient (Wildman–Crippen LogP) is 3.80. The Morgan fingerprint density at radius 3 is 2.64 bits per heavy atom. The van der Waals surface area contributed by atoms with E-state index in [1.165, 1.54) is 6.33 Å². The van der Waals surface area contributed by atoms with Crippen LogP contribution >= 0.6 is 0 Å². The van der Waals surface area contributed by atoms with E-state index in [9.17, 15) is 18.7 Å². The molecule has 5 nitrogen and oxygen atoms in total. The molecule has 0 bridgehead atoms. The SMILES string of the molecule is CC(C)[C@@H](C(=O)N1CCc2ccc(O)cc2C1)n1cnc2cc(F)c(F)cc21. The Balaban J connectivity index is 1.69. The zero-order valence-electron chi connectivity index (χ0n) is 15.7. The van der Waals surface area contributed by atoms with Gasteiger partial charge in [0.25, 0.3) is 0 Å². The van der Waals surface area contributed by atoms with Crippen molar-refractivity contribution in [2.24, 2.45) is 5.92 Å². The molecule has 0 saturated heterocycles. The molecule has 1 aliphatic heterocycles. The van der Waals surface area contributed by atoms with E-state index in [2.05, 4.69) is 4.98 Å². The molecule has 0 radical (unpaired) electrons. The van der Waals surface area contributed by atoms with Crippen LogP contribution in [0.15, 0.2) is 36.7 Å². The minimum atomic E-state index is -0.966. The number of imidazole rings is 1.